The monoisotopic (exact) mass is 1030 g/mol. The van der Waals surface area contributed by atoms with Crippen LogP contribution in [0.4, 0.5) is 0 Å². The summed E-state index contributed by atoms with van der Waals surface area (Å²) in [6, 6.07) is 3.23. The van der Waals surface area contributed by atoms with Crippen LogP contribution in [0.1, 0.15) is 244 Å². The van der Waals surface area contributed by atoms with Crippen molar-refractivity contribution in [2.75, 3.05) is 26.2 Å². The average Bonchev–Trinajstić information content (AvgIpc) is 3.38. The number of rotatable bonds is 50. The molecule has 0 spiro atoms. The number of unbranched alkanes of at least 4 members (excludes halogenated alkanes) is 26. The molecule has 0 radical (unpaired) electrons. The lowest BCUT2D eigenvalue weighted by Crippen LogP contribution is -2.57. The van der Waals surface area contributed by atoms with Gasteiger partial charge in [0.25, 0.3) is 5.91 Å². The predicted molar refractivity (Wildman–Crippen MR) is 295 cm³/mol. The van der Waals surface area contributed by atoms with E-state index < -0.39 is 41.8 Å². The Hall–Kier alpha value is -4.53. The van der Waals surface area contributed by atoms with Crippen LogP contribution < -0.4 is 37.6 Å². The summed E-state index contributed by atoms with van der Waals surface area (Å²) in [7, 11) is 0. The lowest BCUT2D eigenvalue weighted by Gasteiger charge is -2.26. The maximum Gasteiger partial charge on any atom is 0.284 e. The highest BCUT2D eigenvalue weighted by Crippen LogP contribution is 2.16. The summed E-state index contributed by atoms with van der Waals surface area (Å²) in [5, 5.41) is 26.9. The molecule has 0 aromatic heterocycles. The molecule has 0 aliphatic carbocycles. The van der Waals surface area contributed by atoms with Gasteiger partial charge in [0, 0.05) is 38.9 Å². The maximum absolute atomic E-state index is 14.2. The zero-order valence-corrected chi connectivity index (χ0v) is 45.8. The molecule has 0 fully saturated rings. The Kier molecular flexibility index (Phi) is 43.0. The second kappa shape index (κ2) is 47.2. The van der Waals surface area contributed by atoms with Crippen molar-refractivity contribution in [3.05, 3.63) is 29.8 Å². The van der Waals surface area contributed by atoms with E-state index in [0.29, 0.717) is 63.6 Å². The molecule has 0 saturated heterocycles. The molecule has 0 heterocycles. The molecule has 0 aliphatic heterocycles. The standard InChI is InChI=1S/C58H103N7O8/c1-3-5-7-9-11-13-15-17-19-21-23-25-27-36-53(68)60-43-32-30-35-51(63-54(69)37-28-26-24-22-20-18-16-14-12-10-8-6-4-2)57(72)65-52(46-48-38-40-49(67)41-39-48)58(73)64-50(34-29-31-42-59)56(71)62-45-33-44-61-55(70)47-66/h38-41,47,50-52,67H,3-37,42-46,59H2,1-2H3,(H,60,68)(H,61,70)(H,62,71)(H,63,69)(H,64,73)(H,65,72)/t50-,51-,52-/m0/s1. The topological polar surface area (TPSA) is 238 Å². The normalized spacial score (nSPS) is 12.3. The van der Waals surface area contributed by atoms with E-state index in [1.165, 1.54) is 134 Å². The Labute approximate surface area is 441 Å². The van der Waals surface area contributed by atoms with Crippen molar-refractivity contribution in [3.8, 4) is 5.75 Å². The van der Waals surface area contributed by atoms with Crippen LogP contribution in [0.3, 0.4) is 0 Å². The van der Waals surface area contributed by atoms with Crippen LogP contribution >= 0.6 is 0 Å². The van der Waals surface area contributed by atoms with Crippen molar-refractivity contribution < 1.29 is 38.7 Å². The molecule has 9 N–H and O–H groups in total. The quantitative estimate of drug-likeness (QED) is 0.0176. The first-order chi connectivity index (χ1) is 35.5. The molecule has 1 rings (SSSR count). The lowest BCUT2D eigenvalue weighted by atomic mass is 10.0. The number of aldehydes is 1. The predicted octanol–water partition coefficient (Wildman–Crippen LogP) is 9.59. The van der Waals surface area contributed by atoms with Crippen molar-refractivity contribution in [2.24, 2.45) is 5.73 Å². The van der Waals surface area contributed by atoms with Crippen LogP contribution in [0.2, 0.25) is 0 Å². The zero-order valence-electron chi connectivity index (χ0n) is 45.8. The summed E-state index contributed by atoms with van der Waals surface area (Å²) in [5.74, 6) is -2.52. The Morgan fingerprint density at radius 2 is 0.863 bits per heavy atom. The van der Waals surface area contributed by atoms with Gasteiger partial charge in [-0.3, -0.25) is 33.6 Å². The van der Waals surface area contributed by atoms with Crippen LogP contribution in [-0.4, -0.2) is 91.1 Å². The van der Waals surface area contributed by atoms with Crippen molar-refractivity contribution in [2.45, 2.75) is 263 Å². The first-order valence-corrected chi connectivity index (χ1v) is 29.2. The highest BCUT2D eigenvalue weighted by molar-refractivity contribution is 6.23. The molecule has 0 unspecified atom stereocenters. The number of nitrogens with one attached hydrogen (secondary N) is 6. The summed E-state index contributed by atoms with van der Waals surface area (Å²) >= 11 is 0. The van der Waals surface area contributed by atoms with E-state index in [9.17, 15) is 38.7 Å². The number of benzene rings is 1. The minimum Gasteiger partial charge on any atom is -0.508 e. The highest BCUT2D eigenvalue weighted by Gasteiger charge is 2.30. The summed E-state index contributed by atoms with van der Waals surface area (Å²) < 4.78 is 0. The van der Waals surface area contributed by atoms with E-state index >= 15 is 0 Å². The molecule has 0 bridgehead atoms. The van der Waals surface area contributed by atoms with E-state index in [2.05, 4.69) is 45.7 Å². The second-order valence-electron chi connectivity index (χ2n) is 20.3. The van der Waals surface area contributed by atoms with E-state index in [0.717, 1.165) is 38.5 Å². The van der Waals surface area contributed by atoms with Gasteiger partial charge in [-0.05, 0) is 82.0 Å². The summed E-state index contributed by atoms with van der Waals surface area (Å²) in [6.07, 6.45) is 35.8. The van der Waals surface area contributed by atoms with Crippen LogP contribution in [-0.2, 0) is 40.0 Å². The Morgan fingerprint density at radius 1 is 0.452 bits per heavy atom. The largest absolute Gasteiger partial charge is 0.508 e. The lowest BCUT2D eigenvalue weighted by molar-refractivity contribution is -0.134. The number of nitrogens with two attached hydrogens (primary N) is 1. The third kappa shape index (κ3) is 38.7. The van der Waals surface area contributed by atoms with Gasteiger partial charge in [0.2, 0.25) is 35.8 Å². The number of carbonyl (C=O) groups is 7. The summed E-state index contributed by atoms with van der Waals surface area (Å²) in [4.78, 5) is 89.8. The Bertz CT molecular complexity index is 1600. The van der Waals surface area contributed by atoms with Crippen molar-refractivity contribution >= 4 is 41.7 Å². The molecule has 0 aliphatic rings. The molecule has 73 heavy (non-hydrogen) atoms. The third-order valence-corrected chi connectivity index (χ3v) is 13.6. The van der Waals surface area contributed by atoms with Gasteiger partial charge < -0.3 is 42.7 Å². The fraction of sp³-hybridized carbons (Fsp3) is 0.776. The number of aromatic hydroxyl groups is 1. The molecule has 418 valence electrons. The van der Waals surface area contributed by atoms with E-state index in [-0.39, 0.29) is 62.6 Å². The van der Waals surface area contributed by atoms with Gasteiger partial charge in [-0.25, -0.2) is 0 Å². The minimum absolute atomic E-state index is 0.0182. The molecule has 6 amide bonds. The SMILES string of the molecule is CCCCCCCCCCCCCCCC(=O)NCCCC[C@H](NC(=O)CCCCCCCCCCCCCCC)C(=O)N[C@@H](Cc1ccc(O)cc1)C(=O)N[C@@H](CCCCN)C(=O)NCCCNC(=O)C=O. The van der Waals surface area contributed by atoms with Crippen molar-refractivity contribution in [3.63, 3.8) is 0 Å². The van der Waals surface area contributed by atoms with E-state index in [1.54, 1.807) is 12.1 Å². The molecule has 1 aromatic rings. The first kappa shape index (κ1) is 66.5. The number of phenolic OH excluding ortho intramolecular Hbond substituents is 1. The zero-order chi connectivity index (χ0) is 53.4. The molecule has 15 heteroatoms. The third-order valence-electron chi connectivity index (χ3n) is 13.6. The van der Waals surface area contributed by atoms with Gasteiger partial charge in [-0.1, -0.05) is 180 Å². The molecule has 3 atom stereocenters. The summed E-state index contributed by atoms with van der Waals surface area (Å²) in [6.45, 7) is 5.69. The smallest absolute Gasteiger partial charge is 0.284 e. The fourth-order valence-corrected chi connectivity index (χ4v) is 8.99. The van der Waals surface area contributed by atoms with E-state index in [4.69, 9.17) is 5.73 Å². The molecule has 0 saturated carbocycles. The Morgan fingerprint density at radius 3 is 1.36 bits per heavy atom. The van der Waals surface area contributed by atoms with Crippen molar-refractivity contribution in [1.29, 1.82) is 0 Å². The fourth-order valence-electron chi connectivity index (χ4n) is 8.99. The molecular weight excluding hydrogens is 923 g/mol. The second-order valence-corrected chi connectivity index (χ2v) is 20.3. The highest BCUT2D eigenvalue weighted by atomic mass is 16.3. The number of phenols is 1. The van der Waals surface area contributed by atoms with Gasteiger partial charge in [0.05, 0.1) is 0 Å². The Balaban J connectivity index is 2.91. The van der Waals surface area contributed by atoms with Gasteiger partial charge in [0.1, 0.15) is 23.9 Å². The van der Waals surface area contributed by atoms with E-state index in [1.807, 2.05) is 0 Å². The van der Waals surface area contributed by atoms with Crippen LogP contribution in [0, 0.1) is 0 Å². The molecular formula is C58H103N7O8. The van der Waals surface area contributed by atoms with Crippen LogP contribution in [0.25, 0.3) is 0 Å². The minimum atomic E-state index is -1.15. The molecule has 15 nitrogen and oxygen atoms in total. The molecule has 1 aromatic carbocycles. The average molecular weight is 1030 g/mol. The van der Waals surface area contributed by atoms with Crippen LogP contribution in [0.15, 0.2) is 24.3 Å². The maximum atomic E-state index is 14.2. The summed E-state index contributed by atoms with van der Waals surface area (Å²) in [5.41, 5.74) is 6.39. The van der Waals surface area contributed by atoms with Gasteiger partial charge in [0.15, 0.2) is 0 Å². The van der Waals surface area contributed by atoms with Crippen molar-refractivity contribution in [1.82, 2.24) is 31.9 Å². The number of carbonyl (C=O) groups excluding carboxylic acids is 7. The van der Waals surface area contributed by atoms with Crippen LogP contribution in [0.5, 0.6) is 5.75 Å². The van der Waals surface area contributed by atoms with Gasteiger partial charge >= 0.3 is 0 Å². The number of hydrogen-bond acceptors (Lipinski definition) is 9. The number of amides is 6. The van der Waals surface area contributed by atoms with Gasteiger partial charge in [-0.15, -0.1) is 0 Å². The first-order valence-electron chi connectivity index (χ1n) is 29.2. The van der Waals surface area contributed by atoms with Gasteiger partial charge in [-0.2, -0.15) is 0 Å². The number of hydrogen-bond donors (Lipinski definition) is 8.